The van der Waals surface area contributed by atoms with Gasteiger partial charge in [-0.3, -0.25) is 4.79 Å². The molecule has 0 radical (unpaired) electrons. The number of hydrogen-bond acceptors (Lipinski definition) is 3. The second-order valence-corrected chi connectivity index (χ2v) is 5.71. The van der Waals surface area contributed by atoms with Gasteiger partial charge in [0.15, 0.2) is 0 Å². The summed E-state index contributed by atoms with van der Waals surface area (Å²) in [5, 5.41) is 2.62. The van der Waals surface area contributed by atoms with Crippen molar-refractivity contribution >= 4 is 27.8 Å². The SMILES string of the molecule is COC(=O)[C@H](Cc1ccccc1Br)NC(=O)c1ccc(F)cc1. The van der Waals surface area contributed by atoms with Crippen LogP contribution in [-0.4, -0.2) is 25.0 Å². The van der Waals surface area contributed by atoms with E-state index in [1.165, 1.54) is 31.4 Å². The Morgan fingerprint density at radius 1 is 1.17 bits per heavy atom. The van der Waals surface area contributed by atoms with Crippen LogP contribution in [0.15, 0.2) is 53.0 Å². The van der Waals surface area contributed by atoms with Crippen LogP contribution in [0, 0.1) is 5.82 Å². The first kappa shape index (κ1) is 17.1. The molecule has 2 aromatic carbocycles. The standard InChI is InChI=1S/C17H15BrFNO3/c1-23-17(22)15(10-12-4-2-3-5-14(12)18)20-16(21)11-6-8-13(19)9-7-11/h2-9,15H,10H2,1H3,(H,20,21)/t15-/m0/s1. The monoisotopic (exact) mass is 379 g/mol. The number of benzene rings is 2. The lowest BCUT2D eigenvalue weighted by Gasteiger charge is -2.17. The Bertz CT molecular complexity index is 703. The molecule has 0 bridgehead atoms. The van der Waals surface area contributed by atoms with Crippen LogP contribution in [0.4, 0.5) is 4.39 Å². The van der Waals surface area contributed by atoms with Gasteiger partial charge < -0.3 is 10.1 Å². The van der Waals surface area contributed by atoms with Crippen LogP contribution in [-0.2, 0) is 16.0 Å². The maximum Gasteiger partial charge on any atom is 0.328 e. The van der Waals surface area contributed by atoms with E-state index in [1.807, 2.05) is 24.3 Å². The fourth-order valence-electron chi connectivity index (χ4n) is 2.06. The zero-order chi connectivity index (χ0) is 16.8. The van der Waals surface area contributed by atoms with E-state index >= 15 is 0 Å². The summed E-state index contributed by atoms with van der Waals surface area (Å²) >= 11 is 3.41. The van der Waals surface area contributed by atoms with Crippen LogP contribution in [0.2, 0.25) is 0 Å². The largest absolute Gasteiger partial charge is 0.467 e. The molecule has 0 spiro atoms. The topological polar surface area (TPSA) is 55.4 Å². The van der Waals surface area contributed by atoms with Crippen LogP contribution < -0.4 is 5.32 Å². The summed E-state index contributed by atoms with van der Waals surface area (Å²) in [6.45, 7) is 0. The lowest BCUT2D eigenvalue weighted by Crippen LogP contribution is -2.43. The van der Waals surface area contributed by atoms with Crippen LogP contribution in [0.25, 0.3) is 0 Å². The van der Waals surface area contributed by atoms with Crippen molar-refractivity contribution in [3.8, 4) is 0 Å². The number of carbonyl (C=O) groups is 2. The molecule has 2 aromatic rings. The molecule has 0 aliphatic carbocycles. The maximum absolute atomic E-state index is 12.9. The molecule has 0 aliphatic heterocycles. The number of amides is 1. The van der Waals surface area contributed by atoms with Crippen molar-refractivity contribution in [2.24, 2.45) is 0 Å². The number of halogens is 2. The number of ether oxygens (including phenoxy) is 1. The number of carbonyl (C=O) groups excluding carboxylic acids is 2. The molecule has 4 nitrogen and oxygen atoms in total. The Morgan fingerprint density at radius 2 is 1.83 bits per heavy atom. The highest BCUT2D eigenvalue weighted by Crippen LogP contribution is 2.18. The maximum atomic E-state index is 12.9. The second-order valence-electron chi connectivity index (χ2n) is 4.85. The van der Waals surface area contributed by atoms with Crippen molar-refractivity contribution in [3.05, 3.63) is 69.9 Å². The second kappa shape index (κ2) is 7.87. The van der Waals surface area contributed by atoms with E-state index in [-0.39, 0.29) is 12.0 Å². The van der Waals surface area contributed by atoms with Gasteiger partial charge in [0.05, 0.1) is 7.11 Å². The molecular weight excluding hydrogens is 365 g/mol. The molecule has 0 saturated carbocycles. The van der Waals surface area contributed by atoms with E-state index in [0.717, 1.165) is 10.0 Å². The Balaban J connectivity index is 2.16. The van der Waals surface area contributed by atoms with E-state index < -0.39 is 23.7 Å². The lowest BCUT2D eigenvalue weighted by atomic mass is 10.1. The average molecular weight is 380 g/mol. The van der Waals surface area contributed by atoms with Gasteiger partial charge in [-0.2, -0.15) is 0 Å². The molecule has 0 aromatic heterocycles. The lowest BCUT2D eigenvalue weighted by molar-refractivity contribution is -0.142. The minimum absolute atomic E-state index is 0.271. The van der Waals surface area contributed by atoms with E-state index in [4.69, 9.17) is 4.74 Å². The van der Waals surface area contributed by atoms with Crippen LogP contribution in [0.3, 0.4) is 0 Å². The zero-order valence-electron chi connectivity index (χ0n) is 12.4. The molecule has 0 aliphatic rings. The summed E-state index contributed by atoms with van der Waals surface area (Å²) in [5.41, 5.74) is 1.13. The Kier molecular flexibility index (Phi) is 5.87. The number of hydrogen-bond donors (Lipinski definition) is 1. The summed E-state index contributed by atoms with van der Waals surface area (Å²) in [6.07, 6.45) is 0.279. The van der Waals surface area contributed by atoms with Crippen LogP contribution in [0.1, 0.15) is 15.9 Å². The molecular formula is C17H15BrFNO3. The minimum atomic E-state index is -0.837. The molecule has 0 heterocycles. The van der Waals surface area contributed by atoms with Gasteiger partial charge in [0, 0.05) is 16.5 Å². The molecule has 1 atom stereocenters. The zero-order valence-corrected chi connectivity index (χ0v) is 14.0. The predicted octanol–water partition coefficient (Wildman–Crippen LogP) is 3.10. The van der Waals surface area contributed by atoms with Gasteiger partial charge in [-0.15, -0.1) is 0 Å². The molecule has 0 fully saturated rings. The summed E-state index contributed by atoms with van der Waals surface area (Å²) in [7, 11) is 1.26. The van der Waals surface area contributed by atoms with Gasteiger partial charge in [-0.05, 0) is 35.9 Å². The molecule has 1 N–H and O–H groups in total. The third kappa shape index (κ3) is 4.63. The first-order chi connectivity index (χ1) is 11.0. The van der Waals surface area contributed by atoms with E-state index in [9.17, 15) is 14.0 Å². The van der Waals surface area contributed by atoms with Crippen molar-refractivity contribution in [1.82, 2.24) is 5.32 Å². The molecule has 6 heteroatoms. The third-order valence-corrected chi connectivity index (χ3v) is 4.05. The molecule has 2 rings (SSSR count). The predicted molar refractivity (Wildman–Crippen MR) is 87.5 cm³/mol. The third-order valence-electron chi connectivity index (χ3n) is 3.28. The summed E-state index contributed by atoms with van der Waals surface area (Å²) in [4.78, 5) is 24.1. The highest BCUT2D eigenvalue weighted by Gasteiger charge is 2.23. The summed E-state index contributed by atoms with van der Waals surface area (Å²) < 4.78 is 18.5. The fraction of sp³-hybridized carbons (Fsp3) is 0.176. The van der Waals surface area contributed by atoms with Crippen LogP contribution in [0.5, 0.6) is 0 Å². The molecule has 0 saturated heterocycles. The minimum Gasteiger partial charge on any atom is -0.467 e. The van der Waals surface area contributed by atoms with Crippen molar-refractivity contribution in [1.29, 1.82) is 0 Å². The normalized spacial score (nSPS) is 11.6. The van der Waals surface area contributed by atoms with Gasteiger partial charge in [-0.1, -0.05) is 34.1 Å². The number of nitrogens with one attached hydrogen (secondary N) is 1. The van der Waals surface area contributed by atoms with Gasteiger partial charge in [0.2, 0.25) is 0 Å². The van der Waals surface area contributed by atoms with E-state index in [2.05, 4.69) is 21.2 Å². The quantitative estimate of drug-likeness (QED) is 0.812. The first-order valence-corrected chi connectivity index (χ1v) is 7.68. The average Bonchev–Trinajstić information content (AvgIpc) is 2.56. The Morgan fingerprint density at radius 3 is 2.43 bits per heavy atom. The van der Waals surface area contributed by atoms with Crippen LogP contribution >= 0.6 is 15.9 Å². The van der Waals surface area contributed by atoms with Crippen molar-refractivity contribution in [3.63, 3.8) is 0 Å². The fourth-order valence-corrected chi connectivity index (χ4v) is 2.51. The molecule has 0 unspecified atom stereocenters. The summed E-state index contributed by atoms with van der Waals surface area (Å²) in [6, 6.07) is 11.7. The number of methoxy groups -OCH3 is 1. The van der Waals surface area contributed by atoms with Gasteiger partial charge in [0.25, 0.3) is 5.91 Å². The molecule has 120 valence electrons. The molecule has 1 amide bonds. The van der Waals surface area contributed by atoms with Gasteiger partial charge in [-0.25, -0.2) is 9.18 Å². The van der Waals surface area contributed by atoms with E-state index in [0.29, 0.717) is 0 Å². The summed E-state index contributed by atoms with van der Waals surface area (Å²) in [5.74, 6) is -1.44. The van der Waals surface area contributed by atoms with Gasteiger partial charge in [0.1, 0.15) is 11.9 Å². The smallest absolute Gasteiger partial charge is 0.328 e. The Hall–Kier alpha value is -2.21. The number of esters is 1. The first-order valence-electron chi connectivity index (χ1n) is 6.89. The van der Waals surface area contributed by atoms with E-state index in [1.54, 1.807) is 0 Å². The van der Waals surface area contributed by atoms with Gasteiger partial charge >= 0.3 is 5.97 Å². The van der Waals surface area contributed by atoms with Crippen molar-refractivity contribution in [2.75, 3.05) is 7.11 Å². The highest BCUT2D eigenvalue weighted by atomic mass is 79.9. The Labute approximate surface area is 141 Å². The number of rotatable bonds is 5. The highest BCUT2D eigenvalue weighted by molar-refractivity contribution is 9.10. The van der Waals surface area contributed by atoms with Crippen molar-refractivity contribution < 1.29 is 18.7 Å². The molecule has 23 heavy (non-hydrogen) atoms. The van der Waals surface area contributed by atoms with Crippen molar-refractivity contribution in [2.45, 2.75) is 12.5 Å².